The minimum Gasteiger partial charge on any atom is -0.490 e. The van der Waals surface area contributed by atoms with Crippen LogP contribution in [-0.4, -0.2) is 17.7 Å². The Balaban J connectivity index is 1.79. The average Bonchev–Trinajstić information content (AvgIpc) is 2.73. The van der Waals surface area contributed by atoms with Gasteiger partial charge in [0.2, 0.25) is 0 Å². The maximum atomic E-state index is 11.4. The molecule has 0 aromatic heterocycles. The highest BCUT2D eigenvalue weighted by Crippen LogP contribution is 2.38. The lowest BCUT2D eigenvalue weighted by Crippen LogP contribution is -2.07. The van der Waals surface area contributed by atoms with Crippen molar-refractivity contribution in [3.8, 4) is 11.5 Å². The van der Waals surface area contributed by atoms with Gasteiger partial charge >= 0.3 is 5.97 Å². The van der Waals surface area contributed by atoms with Gasteiger partial charge in [-0.2, -0.15) is 0 Å². The van der Waals surface area contributed by atoms with Gasteiger partial charge in [0.05, 0.1) is 16.6 Å². The second kappa shape index (κ2) is 10.9. The quantitative estimate of drug-likeness (QED) is 0.298. The first-order valence-corrected chi connectivity index (χ1v) is 11.4. The number of carboxylic acid groups (broad SMARTS) is 1. The highest BCUT2D eigenvalue weighted by molar-refractivity contribution is 9.10. The summed E-state index contributed by atoms with van der Waals surface area (Å²) in [5.41, 5.74) is 3.47. The first-order valence-electron chi connectivity index (χ1n) is 9.88. The maximum Gasteiger partial charge on any atom is 0.336 e. The molecule has 0 amide bonds. The number of ether oxygens (including phenoxy) is 2. The van der Waals surface area contributed by atoms with Crippen molar-refractivity contribution in [3.63, 3.8) is 0 Å². The molecule has 0 aliphatic rings. The molecule has 0 bridgehead atoms. The third kappa shape index (κ3) is 5.88. The summed E-state index contributed by atoms with van der Waals surface area (Å²) in [5, 5.41) is 13.7. The second-order valence-corrected chi connectivity index (χ2v) is 8.70. The Hall–Kier alpha value is -2.41. The monoisotopic (exact) mass is 537 g/mol. The zero-order valence-electron chi connectivity index (χ0n) is 17.5. The number of nitrogens with one attached hydrogen (secondary N) is 1. The predicted octanol–water partition coefficient (Wildman–Crippen LogP) is 7.35. The Kier molecular flexibility index (Phi) is 8.29. The average molecular weight is 539 g/mol. The molecule has 0 heterocycles. The summed E-state index contributed by atoms with van der Waals surface area (Å²) in [6, 6.07) is 14.3. The molecule has 0 atom stereocenters. The summed E-state index contributed by atoms with van der Waals surface area (Å²) in [6.45, 7) is 4.89. The van der Waals surface area contributed by atoms with Gasteiger partial charge in [-0.05, 0) is 77.3 Å². The molecule has 168 valence electrons. The number of anilines is 1. The van der Waals surface area contributed by atoms with E-state index in [-0.39, 0.29) is 12.2 Å². The Morgan fingerprint density at radius 2 is 1.91 bits per heavy atom. The molecule has 3 aromatic carbocycles. The minimum absolute atomic E-state index is 0.257. The lowest BCUT2D eigenvalue weighted by Gasteiger charge is -2.17. The number of benzene rings is 3. The Labute approximate surface area is 205 Å². The number of carboxylic acids is 1. The van der Waals surface area contributed by atoms with Crippen LogP contribution in [0.1, 0.15) is 34.0 Å². The molecule has 0 aliphatic heterocycles. The van der Waals surface area contributed by atoms with Crippen molar-refractivity contribution in [1.82, 2.24) is 0 Å². The van der Waals surface area contributed by atoms with E-state index in [2.05, 4.69) is 21.2 Å². The van der Waals surface area contributed by atoms with Gasteiger partial charge in [0.1, 0.15) is 6.61 Å². The number of hydrogen-bond acceptors (Lipinski definition) is 4. The highest BCUT2D eigenvalue weighted by atomic mass is 79.9. The predicted molar refractivity (Wildman–Crippen MR) is 132 cm³/mol. The summed E-state index contributed by atoms with van der Waals surface area (Å²) < 4.78 is 12.6. The molecule has 2 N–H and O–H groups in total. The van der Waals surface area contributed by atoms with Gasteiger partial charge in [-0.3, -0.25) is 0 Å². The molecule has 0 saturated carbocycles. The SMILES string of the molecule is CCOc1cc(CNc2cccc(C(=O)O)c2C)cc(Br)c1OCc1ccc(Cl)cc1Cl. The van der Waals surface area contributed by atoms with E-state index in [1.54, 1.807) is 31.2 Å². The fourth-order valence-corrected chi connectivity index (χ4v) is 4.24. The van der Waals surface area contributed by atoms with Crippen LogP contribution in [-0.2, 0) is 13.2 Å². The molecule has 0 radical (unpaired) electrons. The van der Waals surface area contributed by atoms with Gasteiger partial charge in [0, 0.05) is 27.8 Å². The number of carbonyl (C=O) groups is 1. The Bertz CT molecular complexity index is 1140. The number of aromatic carboxylic acids is 1. The lowest BCUT2D eigenvalue weighted by molar-refractivity contribution is 0.0696. The van der Waals surface area contributed by atoms with E-state index >= 15 is 0 Å². The maximum absolute atomic E-state index is 11.4. The first-order chi connectivity index (χ1) is 15.3. The van der Waals surface area contributed by atoms with E-state index in [9.17, 15) is 9.90 Å². The van der Waals surface area contributed by atoms with E-state index < -0.39 is 5.97 Å². The van der Waals surface area contributed by atoms with Gasteiger partial charge in [-0.15, -0.1) is 0 Å². The number of hydrogen-bond donors (Lipinski definition) is 2. The second-order valence-electron chi connectivity index (χ2n) is 7.00. The molecule has 0 saturated heterocycles. The largest absolute Gasteiger partial charge is 0.490 e. The summed E-state index contributed by atoms with van der Waals surface area (Å²) in [5.74, 6) is 0.222. The molecule has 0 fully saturated rings. The summed E-state index contributed by atoms with van der Waals surface area (Å²) in [4.78, 5) is 11.4. The molecule has 0 unspecified atom stereocenters. The third-order valence-corrected chi connectivity index (χ3v) is 5.98. The van der Waals surface area contributed by atoms with Gasteiger partial charge in [-0.1, -0.05) is 35.3 Å². The number of halogens is 3. The van der Waals surface area contributed by atoms with E-state index in [1.165, 1.54) is 0 Å². The highest BCUT2D eigenvalue weighted by Gasteiger charge is 2.15. The van der Waals surface area contributed by atoms with Crippen molar-refractivity contribution >= 4 is 50.8 Å². The summed E-state index contributed by atoms with van der Waals surface area (Å²) in [6.07, 6.45) is 0. The zero-order chi connectivity index (χ0) is 23.3. The fourth-order valence-electron chi connectivity index (χ4n) is 3.17. The van der Waals surface area contributed by atoms with E-state index in [1.807, 2.05) is 31.2 Å². The molecule has 5 nitrogen and oxygen atoms in total. The van der Waals surface area contributed by atoms with Crippen LogP contribution in [0.3, 0.4) is 0 Å². The van der Waals surface area contributed by atoms with Crippen molar-refractivity contribution in [2.75, 3.05) is 11.9 Å². The third-order valence-electron chi connectivity index (χ3n) is 4.80. The van der Waals surface area contributed by atoms with Crippen molar-refractivity contribution in [3.05, 3.63) is 85.3 Å². The van der Waals surface area contributed by atoms with Crippen molar-refractivity contribution in [2.24, 2.45) is 0 Å². The standard InChI is InChI=1S/C24H22BrCl2NO4/c1-3-31-22-10-15(12-28-21-6-4-5-18(14(21)2)24(29)30)9-19(25)23(22)32-13-16-7-8-17(26)11-20(16)27/h4-11,28H,3,12-13H2,1-2H3,(H,29,30). The van der Waals surface area contributed by atoms with Crippen LogP contribution in [0.2, 0.25) is 10.0 Å². The number of rotatable bonds is 9. The molecule has 32 heavy (non-hydrogen) atoms. The fraction of sp³-hybridized carbons (Fsp3) is 0.208. The molecule has 3 aromatic rings. The van der Waals surface area contributed by atoms with E-state index in [0.717, 1.165) is 21.3 Å². The van der Waals surface area contributed by atoms with Crippen LogP contribution in [0.15, 0.2) is 53.0 Å². The van der Waals surface area contributed by atoms with Crippen LogP contribution in [0.4, 0.5) is 5.69 Å². The van der Waals surface area contributed by atoms with Crippen LogP contribution < -0.4 is 14.8 Å². The molecule has 0 aliphatic carbocycles. The van der Waals surface area contributed by atoms with E-state index in [4.69, 9.17) is 32.7 Å². The first kappa shape index (κ1) is 24.2. The van der Waals surface area contributed by atoms with Gasteiger partial charge in [0.25, 0.3) is 0 Å². The van der Waals surface area contributed by atoms with Crippen molar-refractivity contribution < 1.29 is 19.4 Å². The zero-order valence-corrected chi connectivity index (χ0v) is 20.6. The molecule has 8 heteroatoms. The molecule has 3 rings (SSSR count). The Morgan fingerprint density at radius 1 is 1.12 bits per heavy atom. The van der Waals surface area contributed by atoms with Gasteiger partial charge in [0.15, 0.2) is 11.5 Å². The van der Waals surface area contributed by atoms with Gasteiger partial charge in [-0.25, -0.2) is 4.79 Å². The van der Waals surface area contributed by atoms with Crippen LogP contribution in [0.5, 0.6) is 11.5 Å². The molecular weight excluding hydrogens is 517 g/mol. The smallest absolute Gasteiger partial charge is 0.336 e. The summed E-state index contributed by atoms with van der Waals surface area (Å²) >= 11 is 15.8. The van der Waals surface area contributed by atoms with Crippen molar-refractivity contribution in [1.29, 1.82) is 0 Å². The van der Waals surface area contributed by atoms with Crippen LogP contribution >= 0.6 is 39.1 Å². The topological polar surface area (TPSA) is 67.8 Å². The van der Waals surface area contributed by atoms with E-state index in [0.29, 0.717) is 40.3 Å². The van der Waals surface area contributed by atoms with Crippen LogP contribution in [0.25, 0.3) is 0 Å². The summed E-state index contributed by atoms with van der Waals surface area (Å²) in [7, 11) is 0. The van der Waals surface area contributed by atoms with Gasteiger partial charge < -0.3 is 19.9 Å². The lowest BCUT2D eigenvalue weighted by atomic mass is 10.1. The van der Waals surface area contributed by atoms with Crippen LogP contribution in [0, 0.1) is 6.92 Å². The molecular formula is C24H22BrCl2NO4. The molecule has 0 spiro atoms. The Morgan fingerprint density at radius 3 is 2.59 bits per heavy atom. The van der Waals surface area contributed by atoms with Crippen molar-refractivity contribution in [2.45, 2.75) is 27.0 Å². The normalized spacial score (nSPS) is 10.7. The minimum atomic E-state index is -0.949.